The summed E-state index contributed by atoms with van der Waals surface area (Å²) in [6.45, 7) is 6.57. The third-order valence-electron chi connectivity index (χ3n) is 4.47. The smallest absolute Gasteiger partial charge is 0.267 e. The van der Waals surface area contributed by atoms with Gasteiger partial charge in [-0.25, -0.2) is 4.98 Å². The number of nitrogens with one attached hydrogen (secondary N) is 1. The summed E-state index contributed by atoms with van der Waals surface area (Å²) in [5, 5.41) is 11.9. The first-order chi connectivity index (χ1) is 14.3. The molecule has 0 bridgehead atoms. The predicted octanol–water partition coefficient (Wildman–Crippen LogP) is 2.03. The Labute approximate surface area is 183 Å². The van der Waals surface area contributed by atoms with Crippen molar-refractivity contribution in [1.82, 2.24) is 14.3 Å². The minimum atomic E-state index is -0.280. The lowest BCUT2D eigenvalue weighted by Crippen LogP contribution is -2.34. The summed E-state index contributed by atoms with van der Waals surface area (Å²) in [6.07, 6.45) is 3.21. The molecule has 0 atom stereocenters. The van der Waals surface area contributed by atoms with Crippen LogP contribution in [-0.4, -0.2) is 62.0 Å². The first kappa shape index (κ1) is 22.4. The van der Waals surface area contributed by atoms with E-state index in [1.165, 1.54) is 21.1 Å². The van der Waals surface area contributed by atoms with E-state index in [0.29, 0.717) is 33.8 Å². The van der Waals surface area contributed by atoms with Gasteiger partial charge in [0, 0.05) is 18.8 Å². The Morgan fingerprint density at radius 2 is 2.13 bits per heavy atom. The number of thiocarbonyl (C=S) groups is 1. The summed E-state index contributed by atoms with van der Waals surface area (Å²) in [5.74, 6) is 0.155. The minimum Gasteiger partial charge on any atom is -0.394 e. The van der Waals surface area contributed by atoms with Gasteiger partial charge in [-0.3, -0.25) is 18.9 Å². The lowest BCUT2D eigenvalue weighted by atomic mass is 10.2. The molecule has 1 aliphatic rings. The van der Waals surface area contributed by atoms with E-state index in [2.05, 4.69) is 10.3 Å². The highest BCUT2D eigenvalue weighted by molar-refractivity contribution is 8.26. The van der Waals surface area contributed by atoms with E-state index in [0.717, 1.165) is 5.56 Å². The van der Waals surface area contributed by atoms with E-state index in [1.807, 2.05) is 26.8 Å². The molecule has 2 aromatic heterocycles. The van der Waals surface area contributed by atoms with Crippen molar-refractivity contribution in [2.24, 2.45) is 0 Å². The predicted molar refractivity (Wildman–Crippen MR) is 123 cm³/mol. The third kappa shape index (κ3) is 4.56. The van der Waals surface area contributed by atoms with Gasteiger partial charge in [-0.2, -0.15) is 0 Å². The van der Waals surface area contributed by atoms with Gasteiger partial charge >= 0.3 is 0 Å². The molecule has 1 amide bonds. The van der Waals surface area contributed by atoms with Crippen LogP contribution in [0.15, 0.2) is 28.0 Å². The molecule has 1 fully saturated rings. The maximum absolute atomic E-state index is 13.2. The van der Waals surface area contributed by atoms with Gasteiger partial charge in [-0.1, -0.05) is 30.0 Å². The number of aliphatic hydroxyl groups excluding tert-OH is 1. The Balaban J connectivity index is 2.04. The van der Waals surface area contributed by atoms with Crippen molar-refractivity contribution in [3.05, 3.63) is 44.7 Å². The first-order valence-electron chi connectivity index (χ1n) is 9.56. The van der Waals surface area contributed by atoms with Crippen molar-refractivity contribution in [2.75, 3.05) is 31.7 Å². The van der Waals surface area contributed by atoms with Crippen molar-refractivity contribution >= 4 is 51.7 Å². The molecule has 3 rings (SSSR count). The number of fused-ring (bicyclic) bond motifs is 1. The molecule has 1 saturated heterocycles. The second-order valence-electron chi connectivity index (χ2n) is 6.97. The number of amides is 1. The van der Waals surface area contributed by atoms with Crippen molar-refractivity contribution in [3.8, 4) is 0 Å². The van der Waals surface area contributed by atoms with Gasteiger partial charge < -0.3 is 15.2 Å². The number of aliphatic hydroxyl groups is 1. The first-order valence-corrected chi connectivity index (χ1v) is 10.8. The normalized spacial score (nSPS) is 15.8. The average Bonchev–Trinajstić information content (AvgIpc) is 2.98. The Kier molecular flexibility index (Phi) is 7.24. The highest BCUT2D eigenvalue weighted by Crippen LogP contribution is 2.34. The zero-order chi connectivity index (χ0) is 21.8. The molecule has 3 heterocycles. The standard InChI is InChI=1S/C20H24N4O4S2/c1-12(2)24-19(27)15(30-20(24)29)11-14-16(21-6-9-28-10-8-25)22-17-13(3)5-4-7-23(17)18(14)26/h4-5,7,11-12,21,25H,6,8-10H2,1-3H3. The van der Waals surface area contributed by atoms with Crippen LogP contribution in [0.1, 0.15) is 25.0 Å². The fourth-order valence-corrected chi connectivity index (χ4v) is 4.55. The van der Waals surface area contributed by atoms with Crippen molar-refractivity contribution in [1.29, 1.82) is 0 Å². The highest BCUT2D eigenvalue weighted by Gasteiger charge is 2.34. The largest absolute Gasteiger partial charge is 0.394 e. The fraction of sp³-hybridized carbons (Fsp3) is 0.400. The lowest BCUT2D eigenvalue weighted by Gasteiger charge is -2.18. The zero-order valence-corrected chi connectivity index (χ0v) is 18.7. The highest BCUT2D eigenvalue weighted by atomic mass is 32.2. The average molecular weight is 449 g/mol. The molecular weight excluding hydrogens is 424 g/mol. The number of carbonyl (C=O) groups is 1. The zero-order valence-electron chi connectivity index (χ0n) is 17.0. The van der Waals surface area contributed by atoms with Gasteiger partial charge in [0.1, 0.15) is 15.8 Å². The van der Waals surface area contributed by atoms with Gasteiger partial charge in [0.15, 0.2) is 0 Å². The number of aromatic nitrogens is 2. The summed E-state index contributed by atoms with van der Waals surface area (Å²) in [5.41, 5.74) is 1.39. The number of aryl methyl sites for hydroxylation is 1. The molecule has 0 unspecified atom stereocenters. The quantitative estimate of drug-likeness (QED) is 0.360. The summed E-state index contributed by atoms with van der Waals surface area (Å²) < 4.78 is 7.21. The van der Waals surface area contributed by atoms with E-state index in [4.69, 9.17) is 22.1 Å². The van der Waals surface area contributed by atoms with Gasteiger partial charge in [0.25, 0.3) is 11.5 Å². The van der Waals surface area contributed by atoms with Crippen LogP contribution in [0.2, 0.25) is 0 Å². The van der Waals surface area contributed by atoms with E-state index in [-0.39, 0.29) is 36.3 Å². The minimum absolute atomic E-state index is 0.0578. The van der Waals surface area contributed by atoms with E-state index < -0.39 is 0 Å². The van der Waals surface area contributed by atoms with Crippen LogP contribution in [-0.2, 0) is 9.53 Å². The van der Waals surface area contributed by atoms with E-state index in [1.54, 1.807) is 18.3 Å². The number of ether oxygens (including phenoxy) is 1. The van der Waals surface area contributed by atoms with Crippen molar-refractivity contribution in [3.63, 3.8) is 0 Å². The number of thioether (sulfide) groups is 1. The molecule has 0 radical (unpaired) electrons. The Bertz CT molecular complexity index is 1060. The Morgan fingerprint density at radius 3 is 2.80 bits per heavy atom. The van der Waals surface area contributed by atoms with Crippen LogP contribution in [0.3, 0.4) is 0 Å². The number of nitrogens with zero attached hydrogens (tertiary/aromatic N) is 3. The molecule has 0 saturated carbocycles. The van der Waals surface area contributed by atoms with E-state index in [9.17, 15) is 9.59 Å². The van der Waals surface area contributed by atoms with Crippen molar-refractivity contribution in [2.45, 2.75) is 26.8 Å². The summed E-state index contributed by atoms with van der Waals surface area (Å²) in [6, 6.07) is 3.59. The molecule has 0 aromatic carbocycles. The summed E-state index contributed by atoms with van der Waals surface area (Å²) in [4.78, 5) is 32.6. The van der Waals surface area contributed by atoms with E-state index >= 15 is 0 Å². The molecule has 30 heavy (non-hydrogen) atoms. The van der Waals surface area contributed by atoms with Gasteiger partial charge in [0.2, 0.25) is 0 Å². The second-order valence-corrected chi connectivity index (χ2v) is 8.65. The molecule has 10 heteroatoms. The van der Waals surface area contributed by atoms with Gasteiger partial charge in [0.05, 0.1) is 30.3 Å². The Morgan fingerprint density at radius 1 is 1.37 bits per heavy atom. The number of carbonyl (C=O) groups excluding carboxylic acids is 1. The number of hydrogen-bond acceptors (Lipinski definition) is 8. The van der Waals surface area contributed by atoms with Crippen LogP contribution in [0, 0.1) is 6.92 Å². The molecule has 2 N–H and O–H groups in total. The maximum Gasteiger partial charge on any atom is 0.267 e. The van der Waals surface area contributed by atoms with Crippen LogP contribution >= 0.6 is 24.0 Å². The van der Waals surface area contributed by atoms with Crippen LogP contribution in [0.4, 0.5) is 5.82 Å². The second kappa shape index (κ2) is 9.69. The summed E-state index contributed by atoms with van der Waals surface area (Å²) in [7, 11) is 0. The lowest BCUT2D eigenvalue weighted by molar-refractivity contribution is -0.123. The maximum atomic E-state index is 13.2. The number of hydrogen-bond donors (Lipinski definition) is 2. The monoisotopic (exact) mass is 448 g/mol. The number of pyridine rings is 1. The molecular formula is C20H24N4O4S2. The molecule has 8 nitrogen and oxygen atoms in total. The van der Waals surface area contributed by atoms with Crippen LogP contribution in [0.25, 0.3) is 11.7 Å². The third-order valence-corrected chi connectivity index (χ3v) is 5.80. The van der Waals surface area contributed by atoms with Crippen LogP contribution in [0.5, 0.6) is 0 Å². The topological polar surface area (TPSA) is 96.2 Å². The van der Waals surface area contributed by atoms with Gasteiger partial charge in [-0.05, 0) is 38.5 Å². The molecule has 1 aliphatic heterocycles. The van der Waals surface area contributed by atoms with Crippen molar-refractivity contribution < 1.29 is 14.6 Å². The molecule has 0 spiro atoms. The number of rotatable bonds is 8. The SMILES string of the molecule is Cc1cccn2c(=O)c(C=C3SC(=S)N(C(C)C)C3=O)c(NCCOCCO)nc12. The molecule has 2 aromatic rings. The fourth-order valence-electron chi connectivity index (χ4n) is 3.04. The van der Waals surface area contributed by atoms with Gasteiger partial charge in [-0.15, -0.1) is 0 Å². The van der Waals surface area contributed by atoms with Crippen LogP contribution < -0.4 is 10.9 Å². The summed E-state index contributed by atoms with van der Waals surface area (Å²) >= 11 is 6.51. The number of anilines is 1. The molecule has 160 valence electrons. The molecule has 0 aliphatic carbocycles. The Hall–Kier alpha value is -2.27.